The van der Waals surface area contributed by atoms with Crippen molar-refractivity contribution in [3.63, 3.8) is 0 Å². The third-order valence-corrected chi connectivity index (χ3v) is 3.16. The third kappa shape index (κ3) is 4.05. The van der Waals surface area contributed by atoms with Crippen molar-refractivity contribution in [2.24, 2.45) is 0 Å². The summed E-state index contributed by atoms with van der Waals surface area (Å²) in [5, 5.41) is 0.979. The molecule has 2 N–H and O–H groups in total. The van der Waals surface area contributed by atoms with Crippen LogP contribution in [-0.2, 0) is 4.74 Å². The van der Waals surface area contributed by atoms with E-state index in [1.54, 1.807) is 7.11 Å². The van der Waals surface area contributed by atoms with E-state index in [2.05, 4.69) is 9.27 Å². The summed E-state index contributed by atoms with van der Waals surface area (Å²) in [4.78, 5) is 2.10. The van der Waals surface area contributed by atoms with Crippen LogP contribution in [0.25, 0.3) is 0 Å². The molecule has 5 nitrogen and oxygen atoms in total. The van der Waals surface area contributed by atoms with Gasteiger partial charge in [-0.1, -0.05) is 0 Å². The molecule has 0 atom stereocenters. The Balaban J connectivity index is 2.68. The van der Waals surface area contributed by atoms with E-state index in [-0.39, 0.29) is 6.10 Å². The first-order valence-corrected chi connectivity index (χ1v) is 6.45. The Morgan fingerprint density at radius 1 is 1.47 bits per heavy atom. The highest BCUT2D eigenvalue weighted by Gasteiger charge is 2.17. The van der Waals surface area contributed by atoms with Crippen LogP contribution in [0.3, 0.4) is 0 Å². The van der Waals surface area contributed by atoms with Gasteiger partial charge in [-0.15, -0.1) is 0 Å². The maximum Gasteiger partial charge on any atom is 0.198 e. The van der Waals surface area contributed by atoms with Crippen molar-refractivity contribution in [3.05, 3.63) is 0 Å². The van der Waals surface area contributed by atoms with Crippen molar-refractivity contribution in [1.82, 2.24) is 4.37 Å². The van der Waals surface area contributed by atoms with Gasteiger partial charge >= 0.3 is 0 Å². The molecule has 0 amide bonds. The summed E-state index contributed by atoms with van der Waals surface area (Å²) in [7, 11) is 3.72. The topological polar surface area (TPSA) is 60.6 Å². The Labute approximate surface area is 107 Å². The number of ether oxygens (including phenoxy) is 2. The molecular formula is C11H21N3O2S. The maximum atomic E-state index is 5.81. The van der Waals surface area contributed by atoms with Gasteiger partial charge in [-0.3, -0.25) is 0 Å². The molecular weight excluding hydrogens is 238 g/mol. The Hall–Kier alpha value is -1.01. The van der Waals surface area contributed by atoms with Crippen molar-refractivity contribution >= 4 is 22.4 Å². The average molecular weight is 259 g/mol. The molecule has 0 aliphatic heterocycles. The van der Waals surface area contributed by atoms with Crippen LogP contribution in [0.1, 0.15) is 20.3 Å². The second-order valence-electron chi connectivity index (χ2n) is 4.14. The van der Waals surface area contributed by atoms with Crippen LogP contribution in [0.5, 0.6) is 5.75 Å². The molecule has 0 radical (unpaired) electrons. The quantitative estimate of drug-likeness (QED) is 0.759. The zero-order chi connectivity index (χ0) is 12.8. The summed E-state index contributed by atoms with van der Waals surface area (Å²) >= 11 is 1.37. The van der Waals surface area contributed by atoms with Gasteiger partial charge in [0.2, 0.25) is 0 Å². The van der Waals surface area contributed by atoms with Gasteiger partial charge in [-0.2, -0.15) is 4.37 Å². The zero-order valence-electron chi connectivity index (χ0n) is 10.9. The summed E-state index contributed by atoms with van der Waals surface area (Å²) < 4.78 is 14.9. The summed E-state index contributed by atoms with van der Waals surface area (Å²) in [6.45, 7) is 5.60. The van der Waals surface area contributed by atoms with Crippen LogP contribution in [-0.4, -0.2) is 37.8 Å². The highest BCUT2D eigenvalue weighted by atomic mass is 32.1. The molecule has 6 heteroatoms. The van der Waals surface area contributed by atoms with E-state index in [0.717, 1.165) is 24.6 Å². The van der Waals surface area contributed by atoms with Gasteiger partial charge in [0.1, 0.15) is 0 Å². The number of nitrogen functional groups attached to an aromatic ring is 1. The highest BCUT2D eigenvalue weighted by Crippen LogP contribution is 2.38. The van der Waals surface area contributed by atoms with Gasteiger partial charge in [-0.05, 0) is 31.8 Å². The van der Waals surface area contributed by atoms with Gasteiger partial charge in [0.25, 0.3) is 0 Å². The lowest BCUT2D eigenvalue weighted by molar-refractivity contribution is 0.196. The number of hydrogen-bond acceptors (Lipinski definition) is 6. The van der Waals surface area contributed by atoms with Gasteiger partial charge < -0.3 is 20.1 Å². The second kappa shape index (κ2) is 6.66. The smallest absolute Gasteiger partial charge is 0.198 e. The molecule has 0 unspecified atom stereocenters. The van der Waals surface area contributed by atoms with Crippen molar-refractivity contribution < 1.29 is 9.47 Å². The van der Waals surface area contributed by atoms with Crippen molar-refractivity contribution in [1.29, 1.82) is 0 Å². The van der Waals surface area contributed by atoms with Crippen LogP contribution in [0.4, 0.5) is 10.8 Å². The first-order chi connectivity index (χ1) is 8.06. The molecule has 0 fully saturated rings. The number of rotatable bonds is 7. The first-order valence-electron chi connectivity index (χ1n) is 5.68. The van der Waals surface area contributed by atoms with E-state index in [4.69, 9.17) is 15.2 Å². The molecule has 0 bridgehead atoms. The van der Waals surface area contributed by atoms with Crippen molar-refractivity contribution in [2.45, 2.75) is 26.4 Å². The Morgan fingerprint density at radius 2 is 2.18 bits per heavy atom. The number of methoxy groups -OCH3 is 1. The minimum Gasteiger partial charge on any atom is -0.484 e. The SMILES string of the molecule is COCCCN(C)c1snc(N)c1OC(C)C. The van der Waals surface area contributed by atoms with E-state index in [0.29, 0.717) is 11.6 Å². The van der Waals surface area contributed by atoms with E-state index in [1.165, 1.54) is 11.5 Å². The number of nitrogens with zero attached hydrogens (tertiary/aromatic N) is 2. The molecule has 0 saturated heterocycles. The van der Waals surface area contributed by atoms with E-state index in [1.807, 2.05) is 20.9 Å². The number of hydrogen-bond donors (Lipinski definition) is 1. The largest absolute Gasteiger partial charge is 0.484 e. The minimum atomic E-state index is 0.0971. The standard InChI is InChI=1S/C11H21N3O2S/c1-8(2)16-9-10(12)13-17-11(9)14(3)6-5-7-15-4/h8H,5-7H2,1-4H3,(H2,12,13). The highest BCUT2D eigenvalue weighted by molar-refractivity contribution is 7.11. The predicted molar refractivity (Wildman–Crippen MR) is 72.1 cm³/mol. The van der Waals surface area contributed by atoms with Gasteiger partial charge in [-0.25, -0.2) is 0 Å². The molecule has 0 saturated carbocycles. The molecule has 1 aromatic rings. The van der Waals surface area contributed by atoms with Crippen LogP contribution >= 0.6 is 11.5 Å². The fourth-order valence-electron chi connectivity index (χ4n) is 1.42. The maximum absolute atomic E-state index is 5.81. The third-order valence-electron chi connectivity index (χ3n) is 2.20. The van der Waals surface area contributed by atoms with Crippen LogP contribution in [0.2, 0.25) is 0 Å². The Bertz CT molecular complexity index is 341. The molecule has 98 valence electrons. The lowest BCUT2D eigenvalue weighted by atomic mass is 10.4. The minimum absolute atomic E-state index is 0.0971. The van der Waals surface area contributed by atoms with Crippen LogP contribution < -0.4 is 15.4 Å². The predicted octanol–water partition coefficient (Wildman–Crippen LogP) is 1.99. The molecule has 1 aromatic heterocycles. The van der Waals surface area contributed by atoms with Crippen LogP contribution in [0.15, 0.2) is 0 Å². The van der Waals surface area contributed by atoms with Crippen molar-refractivity contribution in [3.8, 4) is 5.75 Å². The van der Waals surface area contributed by atoms with Gasteiger partial charge in [0.15, 0.2) is 16.6 Å². The second-order valence-corrected chi connectivity index (χ2v) is 4.89. The molecule has 0 aliphatic rings. The molecule has 0 aromatic carbocycles. The summed E-state index contributed by atoms with van der Waals surface area (Å²) in [5.41, 5.74) is 5.81. The first kappa shape index (κ1) is 14.1. The lowest BCUT2D eigenvalue weighted by Crippen LogP contribution is -2.20. The Morgan fingerprint density at radius 3 is 2.76 bits per heavy atom. The van der Waals surface area contributed by atoms with E-state index < -0.39 is 0 Å². The summed E-state index contributed by atoms with van der Waals surface area (Å²) in [6.07, 6.45) is 1.06. The molecule has 0 aliphatic carbocycles. The van der Waals surface area contributed by atoms with Crippen LogP contribution in [0, 0.1) is 0 Å². The number of aromatic nitrogens is 1. The fraction of sp³-hybridized carbons (Fsp3) is 0.727. The summed E-state index contributed by atoms with van der Waals surface area (Å²) in [6, 6.07) is 0. The van der Waals surface area contributed by atoms with Gasteiger partial charge in [0, 0.05) is 27.3 Å². The molecule has 17 heavy (non-hydrogen) atoms. The molecule has 1 heterocycles. The molecule has 1 rings (SSSR count). The lowest BCUT2D eigenvalue weighted by Gasteiger charge is -2.19. The van der Waals surface area contributed by atoms with Crippen molar-refractivity contribution in [2.75, 3.05) is 37.9 Å². The van der Waals surface area contributed by atoms with E-state index in [9.17, 15) is 0 Å². The normalized spacial score (nSPS) is 10.9. The average Bonchev–Trinajstić information content (AvgIpc) is 2.60. The molecule has 0 spiro atoms. The Kier molecular flexibility index (Phi) is 5.50. The van der Waals surface area contributed by atoms with Gasteiger partial charge in [0.05, 0.1) is 6.10 Å². The monoisotopic (exact) mass is 259 g/mol. The van der Waals surface area contributed by atoms with E-state index >= 15 is 0 Å². The number of nitrogens with two attached hydrogens (primary N) is 1. The fourth-order valence-corrected chi connectivity index (χ4v) is 2.16. The number of anilines is 2. The summed E-state index contributed by atoms with van der Waals surface area (Å²) in [5.74, 6) is 1.17. The zero-order valence-corrected chi connectivity index (χ0v) is 11.7.